The third kappa shape index (κ3) is 3.36. The summed E-state index contributed by atoms with van der Waals surface area (Å²) in [6, 6.07) is 0. The van der Waals surface area contributed by atoms with Crippen LogP contribution in [-0.4, -0.2) is 0 Å². The molecule has 0 rings (SSSR count). The highest BCUT2D eigenvalue weighted by atomic mass is 16.2. The van der Waals surface area contributed by atoms with Crippen LogP contribution in [0.1, 0.15) is 19.8 Å². The summed E-state index contributed by atoms with van der Waals surface area (Å²) in [6.07, 6.45) is 3.29. The van der Waals surface area contributed by atoms with Crippen molar-refractivity contribution in [2.24, 2.45) is 0 Å². The van der Waals surface area contributed by atoms with E-state index in [1.54, 1.807) is 6.11 Å². The van der Waals surface area contributed by atoms with E-state index in [2.05, 4.69) is 5.92 Å². The van der Waals surface area contributed by atoms with E-state index in [0.29, 0.717) is 0 Å². The van der Waals surface area contributed by atoms with Gasteiger partial charge in [-0.2, -0.15) is 0 Å². The highest BCUT2D eigenvalue weighted by molar-refractivity contribution is 4.87. The molecule has 0 aromatic carbocycles. The molecule has 0 unspecified atom stereocenters. The van der Waals surface area contributed by atoms with Crippen LogP contribution in [0.15, 0.2) is 0 Å². The lowest BCUT2D eigenvalue weighted by atomic mass is 10.4. The molecule has 0 bridgehead atoms. The molecule has 0 saturated carbocycles. The number of rotatable bonds is 1. The molecular formula is C5H7O. The van der Waals surface area contributed by atoms with E-state index in [0.717, 1.165) is 12.8 Å². The molecule has 0 aliphatic carbocycles. The van der Waals surface area contributed by atoms with Gasteiger partial charge in [0.1, 0.15) is 0 Å². The van der Waals surface area contributed by atoms with Gasteiger partial charge in [0.25, 0.3) is 0 Å². The SMILES string of the molecule is CCCC#C[O]. The molecule has 1 nitrogen and oxygen atoms in total. The average molecular weight is 83.1 g/mol. The van der Waals surface area contributed by atoms with E-state index in [4.69, 9.17) is 0 Å². The molecule has 0 aliphatic rings. The standard InChI is InChI=1S/C5H7O/c1-2-3-4-5-6/h2-3H2,1H3. The molecule has 0 aliphatic heterocycles. The Kier molecular flexibility index (Phi) is 3.89. The van der Waals surface area contributed by atoms with Crippen molar-refractivity contribution < 1.29 is 5.11 Å². The molecule has 0 atom stereocenters. The van der Waals surface area contributed by atoms with Gasteiger partial charge in [-0.05, 0) is 6.42 Å². The fourth-order valence-electron chi connectivity index (χ4n) is 0.176. The molecule has 0 saturated heterocycles. The summed E-state index contributed by atoms with van der Waals surface area (Å²) >= 11 is 0. The minimum atomic E-state index is 0.740. The van der Waals surface area contributed by atoms with Crippen LogP contribution in [0.25, 0.3) is 0 Å². The molecule has 0 aromatic rings. The predicted octanol–water partition coefficient (Wildman–Crippen LogP) is 1.18. The lowest BCUT2D eigenvalue weighted by Gasteiger charge is -1.69. The molecule has 1 radical (unpaired) electrons. The minimum absolute atomic E-state index is 0.740. The molecular weight excluding hydrogens is 76.1 g/mol. The summed E-state index contributed by atoms with van der Waals surface area (Å²) in [5.41, 5.74) is 0. The highest BCUT2D eigenvalue weighted by Gasteiger charge is 1.65. The second kappa shape index (κ2) is 4.36. The van der Waals surface area contributed by atoms with Crippen molar-refractivity contribution in [2.75, 3.05) is 0 Å². The first-order valence-electron chi connectivity index (χ1n) is 2.01. The van der Waals surface area contributed by atoms with Gasteiger partial charge < -0.3 is 0 Å². The number of hydrogen-bond donors (Lipinski definition) is 0. The largest absolute Gasteiger partial charge is 0.224 e. The van der Waals surface area contributed by atoms with Crippen LogP contribution in [0, 0.1) is 12.0 Å². The third-order valence-electron chi connectivity index (χ3n) is 0.447. The normalized spacial score (nSPS) is 6.17. The maximum Gasteiger partial charge on any atom is 0.172 e. The third-order valence-corrected chi connectivity index (χ3v) is 0.447. The van der Waals surface area contributed by atoms with Gasteiger partial charge in [-0.25, -0.2) is 5.11 Å². The average Bonchev–Trinajstić information content (AvgIpc) is 1.61. The van der Waals surface area contributed by atoms with Crippen molar-refractivity contribution in [1.82, 2.24) is 0 Å². The van der Waals surface area contributed by atoms with Crippen LogP contribution in [0.3, 0.4) is 0 Å². The van der Waals surface area contributed by atoms with Crippen LogP contribution >= 0.6 is 0 Å². The summed E-state index contributed by atoms with van der Waals surface area (Å²) in [7, 11) is 0. The van der Waals surface area contributed by atoms with Crippen molar-refractivity contribution in [3.05, 3.63) is 0 Å². The van der Waals surface area contributed by atoms with E-state index in [1.807, 2.05) is 6.92 Å². The van der Waals surface area contributed by atoms with Gasteiger partial charge in [0, 0.05) is 6.42 Å². The highest BCUT2D eigenvalue weighted by Crippen LogP contribution is 1.78. The molecule has 0 fully saturated rings. The molecule has 0 amide bonds. The van der Waals surface area contributed by atoms with E-state index in [9.17, 15) is 5.11 Å². The monoisotopic (exact) mass is 83.0 g/mol. The Bertz CT molecular complexity index is 65.7. The zero-order valence-electron chi connectivity index (χ0n) is 3.82. The maximum atomic E-state index is 9.33. The van der Waals surface area contributed by atoms with E-state index >= 15 is 0 Å². The Balaban J connectivity index is 2.79. The van der Waals surface area contributed by atoms with Crippen LogP contribution in [0.5, 0.6) is 0 Å². The molecule has 6 heavy (non-hydrogen) atoms. The first kappa shape index (κ1) is 5.36. The smallest absolute Gasteiger partial charge is 0.172 e. The van der Waals surface area contributed by atoms with Crippen LogP contribution in [-0.2, 0) is 5.11 Å². The molecule has 1 heteroatoms. The van der Waals surface area contributed by atoms with Gasteiger partial charge in [-0.1, -0.05) is 12.8 Å². The Labute approximate surface area is 38.0 Å². The first-order chi connectivity index (χ1) is 2.91. The minimum Gasteiger partial charge on any atom is -0.224 e. The van der Waals surface area contributed by atoms with Gasteiger partial charge in [0.2, 0.25) is 0 Å². The Hall–Kier alpha value is -0.640. The Morgan fingerprint density at radius 2 is 2.33 bits per heavy atom. The van der Waals surface area contributed by atoms with Crippen molar-refractivity contribution in [2.45, 2.75) is 19.8 Å². The van der Waals surface area contributed by atoms with Crippen LogP contribution in [0.4, 0.5) is 0 Å². The molecule has 0 N–H and O–H groups in total. The number of hydrogen-bond acceptors (Lipinski definition) is 0. The summed E-state index contributed by atoms with van der Waals surface area (Å²) < 4.78 is 0. The van der Waals surface area contributed by atoms with Crippen molar-refractivity contribution >= 4 is 0 Å². The Morgan fingerprint density at radius 1 is 1.67 bits per heavy atom. The fourth-order valence-corrected chi connectivity index (χ4v) is 0.176. The quantitative estimate of drug-likeness (QED) is 0.424. The zero-order chi connectivity index (χ0) is 4.83. The van der Waals surface area contributed by atoms with Crippen molar-refractivity contribution in [1.29, 1.82) is 0 Å². The predicted molar refractivity (Wildman–Crippen MR) is 23.4 cm³/mol. The van der Waals surface area contributed by atoms with Crippen LogP contribution in [0.2, 0.25) is 0 Å². The Morgan fingerprint density at radius 3 is 2.50 bits per heavy atom. The maximum absolute atomic E-state index is 9.33. The summed E-state index contributed by atoms with van der Waals surface area (Å²) in [4.78, 5) is 0. The molecule has 0 aromatic heterocycles. The summed E-state index contributed by atoms with van der Waals surface area (Å²) in [6.45, 7) is 1.99. The fraction of sp³-hybridized carbons (Fsp3) is 0.600. The van der Waals surface area contributed by atoms with Crippen LogP contribution < -0.4 is 0 Å². The zero-order valence-corrected chi connectivity index (χ0v) is 3.82. The molecule has 33 valence electrons. The van der Waals surface area contributed by atoms with Gasteiger partial charge in [0.15, 0.2) is 6.11 Å². The van der Waals surface area contributed by atoms with Gasteiger partial charge in [0.05, 0.1) is 0 Å². The molecule has 0 heterocycles. The van der Waals surface area contributed by atoms with E-state index in [1.165, 1.54) is 0 Å². The van der Waals surface area contributed by atoms with E-state index in [-0.39, 0.29) is 0 Å². The summed E-state index contributed by atoms with van der Waals surface area (Å²) in [5, 5.41) is 9.33. The molecule has 0 spiro atoms. The van der Waals surface area contributed by atoms with E-state index < -0.39 is 0 Å². The lowest BCUT2D eigenvalue weighted by Crippen LogP contribution is -1.57. The second-order valence-electron chi connectivity index (χ2n) is 1.03. The summed E-state index contributed by atoms with van der Waals surface area (Å²) in [5.74, 6) is 2.39. The van der Waals surface area contributed by atoms with Gasteiger partial charge in [-0.15, -0.1) is 0 Å². The van der Waals surface area contributed by atoms with Gasteiger partial charge in [-0.3, -0.25) is 0 Å². The van der Waals surface area contributed by atoms with Crippen molar-refractivity contribution in [3.63, 3.8) is 0 Å². The van der Waals surface area contributed by atoms with Gasteiger partial charge >= 0.3 is 0 Å². The lowest BCUT2D eigenvalue weighted by molar-refractivity contribution is 0.391. The topological polar surface area (TPSA) is 19.9 Å². The second-order valence-corrected chi connectivity index (χ2v) is 1.03. The number of unbranched alkanes of at least 4 members (excludes halogenated alkanes) is 1. The first-order valence-corrected chi connectivity index (χ1v) is 2.01. The van der Waals surface area contributed by atoms with Crippen molar-refractivity contribution in [3.8, 4) is 12.0 Å².